The fourth-order valence-corrected chi connectivity index (χ4v) is 2.52. The standard InChI is InChI=1S/C14H21N3O3/c1-10(2)16-7-6-11(9-16)15-13-8-12(17(18)19)4-5-14(13)20-3/h4-5,8,10-11,15H,6-7,9H2,1-3H3. The molecule has 2 rings (SSSR count). The van der Waals surface area contributed by atoms with E-state index < -0.39 is 0 Å². The molecule has 0 saturated carbocycles. The van der Waals surface area contributed by atoms with Crippen molar-refractivity contribution in [3.05, 3.63) is 28.3 Å². The molecule has 0 radical (unpaired) electrons. The van der Waals surface area contributed by atoms with Crippen LogP contribution in [0.4, 0.5) is 11.4 Å². The minimum Gasteiger partial charge on any atom is -0.495 e. The van der Waals surface area contributed by atoms with Gasteiger partial charge in [0.1, 0.15) is 5.75 Å². The second kappa shape index (κ2) is 6.09. The number of anilines is 1. The lowest BCUT2D eigenvalue weighted by Gasteiger charge is -2.21. The predicted octanol–water partition coefficient (Wildman–Crippen LogP) is 2.50. The molecule has 1 aliphatic heterocycles. The van der Waals surface area contributed by atoms with Gasteiger partial charge in [0.25, 0.3) is 5.69 Å². The van der Waals surface area contributed by atoms with E-state index in [2.05, 4.69) is 24.1 Å². The quantitative estimate of drug-likeness (QED) is 0.662. The van der Waals surface area contributed by atoms with Crippen molar-refractivity contribution in [1.29, 1.82) is 0 Å². The molecular formula is C14H21N3O3. The zero-order chi connectivity index (χ0) is 14.7. The van der Waals surface area contributed by atoms with Gasteiger partial charge in [0.15, 0.2) is 0 Å². The third-order valence-electron chi connectivity index (χ3n) is 3.70. The van der Waals surface area contributed by atoms with E-state index in [0.29, 0.717) is 23.5 Å². The highest BCUT2D eigenvalue weighted by Crippen LogP contribution is 2.30. The number of ether oxygens (including phenoxy) is 1. The maximum atomic E-state index is 10.9. The summed E-state index contributed by atoms with van der Waals surface area (Å²) in [6.07, 6.45) is 1.03. The summed E-state index contributed by atoms with van der Waals surface area (Å²) in [5, 5.41) is 14.2. The highest BCUT2D eigenvalue weighted by molar-refractivity contribution is 5.62. The molecule has 0 aromatic heterocycles. The summed E-state index contributed by atoms with van der Waals surface area (Å²) in [7, 11) is 1.57. The van der Waals surface area contributed by atoms with Crippen LogP contribution in [0.5, 0.6) is 5.75 Å². The summed E-state index contributed by atoms with van der Waals surface area (Å²) in [5.74, 6) is 0.638. The van der Waals surface area contributed by atoms with Crippen LogP contribution >= 0.6 is 0 Å². The molecule has 1 aromatic rings. The van der Waals surface area contributed by atoms with Crippen molar-refractivity contribution in [2.45, 2.75) is 32.4 Å². The van der Waals surface area contributed by atoms with E-state index in [-0.39, 0.29) is 10.6 Å². The molecule has 1 fully saturated rings. The van der Waals surface area contributed by atoms with E-state index in [1.807, 2.05) is 0 Å². The number of rotatable bonds is 5. The fraction of sp³-hybridized carbons (Fsp3) is 0.571. The van der Waals surface area contributed by atoms with E-state index in [1.165, 1.54) is 12.1 Å². The lowest BCUT2D eigenvalue weighted by atomic mass is 10.2. The zero-order valence-electron chi connectivity index (χ0n) is 12.1. The smallest absolute Gasteiger partial charge is 0.271 e. The topological polar surface area (TPSA) is 67.6 Å². The number of hydrogen-bond donors (Lipinski definition) is 1. The minimum atomic E-state index is -0.389. The third kappa shape index (κ3) is 3.19. The van der Waals surface area contributed by atoms with Gasteiger partial charge in [-0.25, -0.2) is 0 Å². The van der Waals surface area contributed by atoms with E-state index in [0.717, 1.165) is 19.5 Å². The number of hydrogen-bond acceptors (Lipinski definition) is 5. The van der Waals surface area contributed by atoms with Gasteiger partial charge in [-0.15, -0.1) is 0 Å². The number of methoxy groups -OCH3 is 1. The average molecular weight is 279 g/mol. The number of benzene rings is 1. The van der Waals surface area contributed by atoms with Gasteiger partial charge in [-0.05, 0) is 26.3 Å². The summed E-state index contributed by atoms with van der Waals surface area (Å²) < 4.78 is 5.27. The Kier molecular flexibility index (Phi) is 4.44. The fourth-order valence-electron chi connectivity index (χ4n) is 2.52. The molecule has 0 spiro atoms. The summed E-state index contributed by atoms with van der Waals surface area (Å²) in [6, 6.07) is 5.45. The van der Waals surface area contributed by atoms with Crippen molar-refractivity contribution in [2.24, 2.45) is 0 Å². The Morgan fingerprint density at radius 3 is 2.80 bits per heavy atom. The number of nitro groups is 1. The van der Waals surface area contributed by atoms with E-state index in [4.69, 9.17) is 4.74 Å². The molecule has 1 unspecified atom stereocenters. The van der Waals surface area contributed by atoms with Crippen molar-refractivity contribution in [3.8, 4) is 5.75 Å². The largest absolute Gasteiger partial charge is 0.495 e. The van der Waals surface area contributed by atoms with Gasteiger partial charge < -0.3 is 10.1 Å². The third-order valence-corrected chi connectivity index (χ3v) is 3.70. The Labute approximate surface area is 118 Å². The second-order valence-electron chi connectivity index (χ2n) is 5.36. The van der Waals surface area contributed by atoms with Crippen molar-refractivity contribution in [1.82, 2.24) is 4.90 Å². The average Bonchev–Trinajstić information content (AvgIpc) is 2.87. The van der Waals surface area contributed by atoms with Gasteiger partial charge in [-0.3, -0.25) is 15.0 Å². The Morgan fingerprint density at radius 1 is 1.50 bits per heavy atom. The molecule has 6 heteroatoms. The molecule has 0 aliphatic carbocycles. The Bertz CT molecular complexity index is 491. The molecule has 110 valence electrons. The predicted molar refractivity (Wildman–Crippen MR) is 78.4 cm³/mol. The van der Waals surface area contributed by atoms with Gasteiger partial charge in [-0.2, -0.15) is 0 Å². The van der Waals surface area contributed by atoms with Gasteiger partial charge in [-0.1, -0.05) is 0 Å². The normalized spacial score (nSPS) is 19.3. The van der Waals surface area contributed by atoms with Gasteiger partial charge in [0, 0.05) is 37.3 Å². The lowest BCUT2D eigenvalue weighted by Crippen LogP contribution is -2.31. The van der Waals surface area contributed by atoms with E-state index >= 15 is 0 Å². The van der Waals surface area contributed by atoms with Gasteiger partial charge in [0.05, 0.1) is 17.7 Å². The summed E-state index contributed by atoms with van der Waals surface area (Å²) in [5.41, 5.74) is 0.768. The zero-order valence-corrected chi connectivity index (χ0v) is 12.1. The van der Waals surface area contributed by atoms with Crippen LogP contribution in [0.2, 0.25) is 0 Å². The van der Waals surface area contributed by atoms with Crippen LogP contribution in [0.3, 0.4) is 0 Å². The number of nitro benzene ring substituents is 1. The first-order chi connectivity index (χ1) is 9.51. The Hall–Kier alpha value is -1.82. The van der Waals surface area contributed by atoms with Crippen LogP contribution < -0.4 is 10.1 Å². The molecule has 6 nitrogen and oxygen atoms in total. The molecular weight excluding hydrogens is 258 g/mol. The minimum absolute atomic E-state index is 0.0759. The van der Waals surface area contributed by atoms with Crippen molar-refractivity contribution < 1.29 is 9.66 Å². The number of nitrogens with zero attached hydrogens (tertiary/aromatic N) is 2. The Balaban J connectivity index is 2.12. The first-order valence-corrected chi connectivity index (χ1v) is 6.84. The number of nitrogens with one attached hydrogen (secondary N) is 1. The number of likely N-dealkylation sites (tertiary alicyclic amines) is 1. The molecule has 0 amide bonds. The summed E-state index contributed by atoms with van der Waals surface area (Å²) in [4.78, 5) is 12.9. The molecule has 0 bridgehead atoms. The van der Waals surface area contributed by atoms with Crippen molar-refractivity contribution >= 4 is 11.4 Å². The summed E-state index contributed by atoms with van der Waals surface area (Å²) in [6.45, 7) is 6.35. The molecule has 1 aromatic carbocycles. The Morgan fingerprint density at radius 2 is 2.25 bits per heavy atom. The van der Waals surface area contributed by atoms with Crippen molar-refractivity contribution in [3.63, 3.8) is 0 Å². The van der Waals surface area contributed by atoms with Gasteiger partial charge in [0.2, 0.25) is 0 Å². The molecule has 1 N–H and O–H groups in total. The molecule has 1 heterocycles. The first-order valence-electron chi connectivity index (χ1n) is 6.84. The maximum absolute atomic E-state index is 10.9. The second-order valence-corrected chi connectivity index (χ2v) is 5.36. The molecule has 1 aliphatic rings. The van der Waals surface area contributed by atoms with Crippen LogP contribution in [-0.4, -0.2) is 42.1 Å². The van der Waals surface area contributed by atoms with Crippen LogP contribution in [0.1, 0.15) is 20.3 Å². The maximum Gasteiger partial charge on any atom is 0.271 e. The summed E-state index contributed by atoms with van der Waals surface area (Å²) >= 11 is 0. The SMILES string of the molecule is COc1ccc([N+](=O)[O-])cc1NC1CCN(C(C)C)C1. The van der Waals surface area contributed by atoms with Crippen LogP contribution in [0, 0.1) is 10.1 Å². The van der Waals surface area contributed by atoms with Crippen LogP contribution in [0.25, 0.3) is 0 Å². The van der Waals surface area contributed by atoms with E-state index in [1.54, 1.807) is 13.2 Å². The monoisotopic (exact) mass is 279 g/mol. The van der Waals surface area contributed by atoms with E-state index in [9.17, 15) is 10.1 Å². The number of non-ortho nitro benzene ring substituents is 1. The molecule has 1 saturated heterocycles. The van der Waals surface area contributed by atoms with Crippen LogP contribution in [0.15, 0.2) is 18.2 Å². The molecule has 1 atom stereocenters. The lowest BCUT2D eigenvalue weighted by molar-refractivity contribution is -0.384. The first kappa shape index (κ1) is 14.6. The van der Waals surface area contributed by atoms with Crippen LogP contribution in [-0.2, 0) is 0 Å². The highest BCUT2D eigenvalue weighted by Gasteiger charge is 2.25. The molecule has 20 heavy (non-hydrogen) atoms. The van der Waals surface area contributed by atoms with Crippen molar-refractivity contribution in [2.75, 3.05) is 25.5 Å². The highest BCUT2D eigenvalue weighted by atomic mass is 16.6. The van der Waals surface area contributed by atoms with Gasteiger partial charge >= 0.3 is 0 Å².